The van der Waals surface area contributed by atoms with Crippen molar-refractivity contribution in [3.05, 3.63) is 199 Å². The summed E-state index contributed by atoms with van der Waals surface area (Å²) in [5, 5.41) is 1.84. The molecule has 60 heavy (non-hydrogen) atoms. The van der Waals surface area contributed by atoms with Crippen LogP contribution < -0.4 is 9.30 Å². The maximum Gasteiger partial charge on any atom is 0.268 e. The fourth-order valence-electron chi connectivity index (χ4n) is 7.59. The number of imidazole rings is 1. The van der Waals surface area contributed by atoms with Gasteiger partial charge in [-0.15, -0.1) is 29.7 Å². The molecule has 10 rings (SSSR count). The molecule has 6 heteroatoms. The van der Waals surface area contributed by atoms with Crippen LogP contribution in [0.4, 0.5) is 0 Å². The van der Waals surface area contributed by atoms with Crippen molar-refractivity contribution in [1.82, 2.24) is 14.1 Å². The molecule has 0 atom stereocenters. The number of nitrogens with zero attached hydrogens (tertiary/aromatic N) is 4. The summed E-state index contributed by atoms with van der Waals surface area (Å²) in [4.78, 5) is 4.71. The molecule has 0 amide bonds. The predicted octanol–water partition coefficient (Wildman–Crippen LogP) is 12.8. The molecular formula is C54H42N4OPt-2. The van der Waals surface area contributed by atoms with Crippen molar-refractivity contribution >= 4 is 32.8 Å². The molecule has 5 nitrogen and oxygen atoms in total. The molecule has 0 saturated heterocycles. The monoisotopic (exact) mass is 969 g/mol. The van der Waals surface area contributed by atoms with E-state index in [4.69, 9.17) is 26.2 Å². The van der Waals surface area contributed by atoms with E-state index in [1.54, 1.807) is 63.9 Å². The SMILES string of the molecule is [2H]c1c([2H])c([2H])c(-c2cccc(-c3c([2H])c([2H])c([2H])c([2H])c3[2H])c2-[n+]2[c-]n(-c3[c-]c(Oc4[c-]c5c(cc4)c4ccccc4n5-c4cc(C([2H])([2H])C(C)(C)C)ccn4)ccc3)c3cccc(C)c32)c([2H])c1[2H].[Pt]. The van der Waals surface area contributed by atoms with Crippen LogP contribution >= 0.6 is 0 Å². The van der Waals surface area contributed by atoms with Gasteiger partial charge in [0, 0.05) is 47.0 Å². The van der Waals surface area contributed by atoms with Gasteiger partial charge in [-0.05, 0) is 81.4 Å². The second-order valence-corrected chi connectivity index (χ2v) is 15.1. The second kappa shape index (κ2) is 15.9. The Morgan fingerprint density at radius 3 is 2.12 bits per heavy atom. The first kappa shape index (κ1) is 27.3. The molecule has 0 aliphatic heterocycles. The Hall–Kier alpha value is -6.55. The zero-order valence-corrected chi connectivity index (χ0v) is 35.2. The third kappa shape index (κ3) is 7.24. The standard InChI is InChI=1S/C54H42N4O.Pt/c1-37-16-13-27-49-52(37)57(53-44(39-17-7-5-8-18-39)24-15-25-45(53)40-19-9-6-10-20-40)36-56(49)41-21-14-22-42(33-41)59-43-28-29-47-46-23-11-12-26-48(46)58(50(47)34-43)51-32-38(30-31-55-51)35-54(2,3)4;/h5-32H,35H2,1-4H3;/q-2;/i5D,6D,7D,8D,9D,10D,17D,18D,19D,20D,35D2;. The molecule has 0 fully saturated rings. The number of benzene rings is 7. The normalized spacial score (nSPS) is 14.7. The summed E-state index contributed by atoms with van der Waals surface area (Å²) in [5.41, 5.74) is 3.79. The summed E-state index contributed by atoms with van der Waals surface area (Å²) in [5.74, 6) is 1.19. The van der Waals surface area contributed by atoms with Crippen LogP contribution in [0, 0.1) is 30.8 Å². The molecule has 0 radical (unpaired) electrons. The summed E-state index contributed by atoms with van der Waals surface area (Å²) in [6.45, 7) is 7.47. The number of para-hydroxylation sites is 3. The third-order valence-electron chi connectivity index (χ3n) is 9.94. The number of pyridine rings is 1. The molecule has 0 unspecified atom stereocenters. The Morgan fingerprint density at radius 1 is 0.717 bits per heavy atom. The predicted molar refractivity (Wildman–Crippen MR) is 239 cm³/mol. The number of ether oxygens (including phenoxy) is 1. The van der Waals surface area contributed by atoms with E-state index in [1.807, 2.05) is 86.9 Å². The van der Waals surface area contributed by atoms with Gasteiger partial charge in [-0.25, -0.2) is 4.98 Å². The van der Waals surface area contributed by atoms with Gasteiger partial charge in [0.2, 0.25) is 0 Å². The maximum atomic E-state index is 9.03. The van der Waals surface area contributed by atoms with Gasteiger partial charge < -0.3 is 13.9 Å². The number of hydrogen-bond donors (Lipinski definition) is 0. The second-order valence-electron chi connectivity index (χ2n) is 15.1. The largest absolute Gasteiger partial charge is 0.510 e. The average molecular weight is 970 g/mol. The van der Waals surface area contributed by atoms with Gasteiger partial charge in [0.1, 0.15) is 5.82 Å². The van der Waals surface area contributed by atoms with E-state index >= 15 is 0 Å². The number of fused-ring (bicyclic) bond motifs is 4. The summed E-state index contributed by atoms with van der Waals surface area (Å²) in [7, 11) is 0. The molecule has 0 N–H and O–H groups in total. The summed E-state index contributed by atoms with van der Waals surface area (Å²) < 4.78 is 117. The zero-order chi connectivity index (χ0) is 50.6. The van der Waals surface area contributed by atoms with Crippen molar-refractivity contribution in [3.8, 4) is 50.9 Å². The average Bonchev–Trinajstić information content (AvgIpc) is 3.90. The minimum absolute atomic E-state index is 0. The van der Waals surface area contributed by atoms with E-state index in [-0.39, 0.29) is 49.0 Å². The Labute approximate surface area is 382 Å². The van der Waals surface area contributed by atoms with Crippen molar-refractivity contribution in [2.45, 2.75) is 34.1 Å². The number of hydrogen-bond acceptors (Lipinski definition) is 2. The van der Waals surface area contributed by atoms with Crippen molar-refractivity contribution in [2.75, 3.05) is 0 Å². The fraction of sp³-hybridized carbons (Fsp3) is 0.111. The van der Waals surface area contributed by atoms with E-state index < -0.39 is 72.2 Å². The van der Waals surface area contributed by atoms with Gasteiger partial charge in [-0.1, -0.05) is 141 Å². The van der Waals surface area contributed by atoms with Crippen LogP contribution in [0.1, 0.15) is 48.3 Å². The minimum atomic E-state index is -1.66. The van der Waals surface area contributed by atoms with Crippen molar-refractivity contribution < 1.29 is 46.8 Å². The van der Waals surface area contributed by atoms with Gasteiger partial charge >= 0.3 is 0 Å². The van der Waals surface area contributed by atoms with E-state index in [0.717, 1.165) is 21.9 Å². The molecule has 10 aromatic rings. The van der Waals surface area contributed by atoms with Crippen molar-refractivity contribution in [2.24, 2.45) is 5.41 Å². The molecule has 296 valence electrons. The maximum absolute atomic E-state index is 9.03. The van der Waals surface area contributed by atoms with Gasteiger partial charge in [-0.3, -0.25) is 4.57 Å². The molecule has 0 spiro atoms. The van der Waals surface area contributed by atoms with Crippen LogP contribution in [0.3, 0.4) is 0 Å². The molecule has 3 heterocycles. The topological polar surface area (TPSA) is 35.9 Å². The smallest absolute Gasteiger partial charge is 0.268 e. The first-order chi connectivity index (χ1) is 33.7. The molecular weight excluding hydrogens is 916 g/mol. The van der Waals surface area contributed by atoms with Gasteiger partial charge in [0.25, 0.3) is 6.33 Å². The summed E-state index contributed by atoms with van der Waals surface area (Å²) in [6, 6.07) is 32.2. The Morgan fingerprint density at radius 2 is 1.38 bits per heavy atom. The van der Waals surface area contributed by atoms with Crippen molar-refractivity contribution in [3.63, 3.8) is 0 Å². The van der Waals surface area contributed by atoms with Crippen LogP contribution in [0.2, 0.25) is 0 Å². The first-order valence-corrected chi connectivity index (χ1v) is 19.1. The van der Waals surface area contributed by atoms with Crippen LogP contribution in [0.5, 0.6) is 11.5 Å². The zero-order valence-electron chi connectivity index (χ0n) is 44.9. The van der Waals surface area contributed by atoms with E-state index in [1.165, 1.54) is 0 Å². The molecule has 0 aliphatic rings. The molecule has 0 bridgehead atoms. The number of aryl methyl sites for hydroxylation is 1. The first-order valence-electron chi connectivity index (χ1n) is 25.1. The third-order valence-corrected chi connectivity index (χ3v) is 9.94. The van der Waals surface area contributed by atoms with Crippen LogP contribution in [0.15, 0.2) is 170 Å². The van der Waals surface area contributed by atoms with Gasteiger partial charge in [-0.2, -0.15) is 18.2 Å². The molecule has 7 aromatic carbocycles. The van der Waals surface area contributed by atoms with Gasteiger partial charge in [0.15, 0.2) is 0 Å². The van der Waals surface area contributed by atoms with Crippen molar-refractivity contribution in [1.29, 1.82) is 0 Å². The van der Waals surface area contributed by atoms with Crippen LogP contribution in [-0.4, -0.2) is 14.1 Å². The number of aromatic nitrogens is 4. The van der Waals surface area contributed by atoms with E-state index in [0.29, 0.717) is 45.1 Å². The number of rotatable bonds is 8. The Kier molecular flexibility index (Phi) is 7.22. The molecule has 0 saturated carbocycles. The van der Waals surface area contributed by atoms with Crippen LogP contribution in [0.25, 0.3) is 72.3 Å². The summed E-state index contributed by atoms with van der Waals surface area (Å²) >= 11 is 0. The fourth-order valence-corrected chi connectivity index (χ4v) is 7.59. The quantitative estimate of drug-likeness (QED) is 0.112. The Balaban J connectivity index is 0.00000640. The minimum Gasteiger partial charge on any atom is -0.510 e. The van der Waals surface area contributed by atoms with Gasteiger partial charge in [0.05, 0.1) is 30.4 Å². The summed E-state index contributed by atoms with van der Waals surface area (Å²) in [6.07, 6.45) is 3.37. The molecule has 3 aromatic heterocycles. The van der Waals surface area contributed by atoms with E-state index in [9.17, 15) is 0 Å². The van der Waals surface area contributed by atoms with E-state index in [2.05, 4.69) is 18.5 Å². The van der Waals surface area contributed by atoms with Crippen LogP contribution in [-0.2, 0) is 27.4 Å². The Bertz CT molecular complexity index is 3720. The molecule has 0 aliphatic carbocycles.